The molecule has 0 nitrogen and oxygen atoms in total. The van der Waals surface area contributed by atoms with Crippen molar-refractivity contribution >= 4 is 0 Å². The minimum absolute atomic E-state index is 0.727. The summed E-state index contributed by atoms with van der Waals surface area (Å²) in [5.41, 5.74) is 1.35. The molecule has 2 unspecified atom stereocenters. The fraction of sp³-hybridized carbons (Fsp3) is 0.600. The molecule has 0 radical (unpaired) electrons. The first-order valence-corrected chi connectivity index (χ1v) is 6.20. The molecule has 2 atom stereocenters. The standard InChI is InChI=1S/C15H24/c1-13-7-4-9-14(2)11-6-12-15(3)10-5-8-13/h4-5,7-9,14-15H,6,10-12H2,1-3H3. The Morgan fingerprint density at radius 3 is 2.80 bits per heavy atom. The van der Waals surface area contributed by atoms with Gasteiger partial charge < -0.3 is 0 Å². The fourth-order valence-electron chi connectivity index (χ4n) is 1.94. The second kappa shape index (κ2) is 6.66. The monoisotopic (exact) mass is 204 g/mol. The van der Waals surface area contributed by atoms with Crippen molar-refractivity contribution in [1.29, 1.82) is 0 Å². The molecule has 15 heavy (non-hydrogen) atoms. The minimum Gasteiger partial charge on any atom is -0.0840 e. The first-order valence-electron chi connectivity index (χ1n) is 6.20. The number of hydrogen-bond donors (Lipinski definition) is 0. The van der Waals surface area contributed by atoms with E-state index in [1.165, 1.54) is 31.3 Å². The highest BCUT2D eigenvalue weighted by Gasteiger charge is 2.02. The minimum atomic E-state index is 0.727. The van der Waals surface area contributed by atoms with Crippen molar-refractivity contribution < 1.29 is 0 Å². The molecule has 0 N–H and O–H groups in total. The van der Waals surface area contributed by atoms with Gasteiger partial charge in [-0.25, -0.2) is 0 Å². The summed E-state index contributed by atoms with van der Waals surface area (Å²) in [6.07, 6.45) is 16.6. The summed E-state index contributed by atoms with van der Waals surface area (Å²) in [5, 5.41) is 0. The van der Waals surface area contributed by atoms with Crippen molar-refractivity contribution in [3.8, 4) is 0 Å². The van der Waals surface area contributed by atoms with Gasteiger partial charge in [0, 0.05) is 0 Å². The topological polar surface area (TPSA) is 0 Å². The molecule has 1 aliphatic carbocycles. The largest absolute Gasteiger partial charge is 0.0840 e. The highest BCUT2D eigenvalue weighted by Crippen LogP contribution is 2.17. The van der Waals surface area contributed by atoms with E-state index in [0.717, 1.165) is 11.8 Å². The molecule has 0 aromatic carbocycles. The zero-order valence-corrected chi connectivity index (χ0v) is 10.4. The van der Waals surface area contributed by atoms with E-state index in [9.17, 15) is 0 Å². The summed E-state index contributed by atoms with van der Waals surface area (Å²) in [7, 11) is 0. The predicted molar refractivity (Wildman–Crippen MR) is 68.8 cm³/mol. The van der Waals surface area contributed by atoms with Crippen molar-refractivity contribution in [2.75, 3.05) is 0 Å². The van der Waals surface area contributed by atoms with Gasteiger partial charge in [0.25, 0.3) is 0 Å². The average Bonchev–Trinajstić information content (AvgIpc) is 2.16. The summed E-state index contributed by atoms with van der Waals surface area (Å²) in [4.78, 5) is 0. The Labute approximate surface area is 94.8 Å². The number of hydrogen-bond acceptors (Lipinski definition) is 0. The Bertz CT molecular complexity index is 255. The molecule has 0 spiro atoms. The van der Waals surface area contributed by atoms with Gasteiger partial charge >= 0.3 is 0 Å². The third-order valence-corrected chi connectivity index (χ3v) is 3.07. The first-order chi connectivity index (χ1) is 7.18. The van der Waals surface area contributed by atoms with Gasteiger partial charge in [0.05, 0.1) is 0 Å². The Hall–Kier alpha value is -0.780. The van der Waals surface area contributed by atoms with Crippen molar-refractivity contribution in [3.63, 3.8) is 0 Å². The molecule has 0 aromatic heterocycles. The maximum atomic E-state index is 2.36. The van der Waals surface area contributed by atoms with Gasteiger partial charge in [-0.15, -0.1) is 0 Å². The molecule has 84 valence electrons. The quantitative estimate of drug-likeness (QED) is 0.527. The predicted octanol–water partition coefficient (Wildman–Crippen LogP) is 4.89. The summed E-state index contributed by atoms with van der Waals surface area (Å²) < 4.78 is 0. The van der Waals surface area contributed by atoms with Crippen LogP contribution in [-0.4, -0.2) is 0 Å². The molecule has 0 bridgehead atoms. The normalized spacial score (nSPS) is 29.1. The molecule has 1 aliphatic rings. The Balaban J connectivity index is 2.63. The lowest BCUT2D eigenvalue weighted by Gasteiger charge is -2.11. The van der Waals surface area contributed by atoms with Crippen molar-refractivity contribution in [2.45, 2.75) is 46.5 Å². The zero-order chi connectivity index (χ0) is 11.1. The van der Waals surface area contributed by atoms with E-state index in [2.05, 4.69) is 51.2 Å². The molecule has 0 heteroatoms. The van der Waals surface area contributed by atoms with Crippen LogP contribution in [0.3, 0.4) is 0 Å². The third kappa shape index (κ3) is 5.61. The van der Waals surface area contributed by atoms with E-state index in [4.69, 9.17) is 0 Å². The molecule has 0 aromatic rings. The molecule has 0 amide bonds. The number of allylic oxidation sites excluding steroid dienone is 6. The van der Waals surface area contributed by atoms with Crippen LogP contribution in [0.4, 0.5) is 0 Å². The lowest BCUT2D eigenvalue weighted by atomic mass is 9.95. The summed E-state index contributed by atoms with van der Waals surface area (Å²) in [6, 6.07) is 0. The molecule has 0 saturated carbocycles. The van der Waals surface area contributed by atoms with Crippen LogP contribution < -0.4 is 0 Å². The lowest BCUT2D eigenvalue weighted by molar-refractivity contribution is 0.476. The molecule has 0 aliphatic heterocycles. The SMILES string of the molecule is CC1=CC=CC(C)CCCC(C)CC=C1. The summed E-state index contributed by atoms with van der Waals surface area (Å²) in [6.45, 7) is 6.84. The van der Waals surface area contributed by atoms with Gasteiger partial charge in [-0.2, -0.15) is 0 Å². The zero-order valence-electron chi connectivity index (χ0n) is 10.4. The first kappa shape index (κ1) is 12.3. The molecule has 0 saturated heterocycles. The van der Waals surface area contributed by atoms with Crippen molar-refractivity contribution in [2.24, 2.45) is 11.8 Å². The summed E-state index contributed by atoms with van der Waals surface area (Å²) >= 11 is 0. The molecule has 0 fully saturated rings. The lowest BCUT2D eigenvalue weighted by Crippen LogP contribution is -1.96. The van der Waals surface area contributed by atoms with Crippen LogP contribution in [0.5, 0.6) is 0 Å². The van der Waals surface area contributed by atoms with E-state index in [1.54, 1.807) is 0 Å². The molecule has 0 heterocycles. The maximum absolute atomic E-state index is 2.36. The second-order valence-electron chi connectivity index (χ2n) is 4.95. The Kier molecular flexibility index (Phi) is 5.45. The average molecular weight is 204 g/mol. The van der Waals surface area contributed by atoms with Crippen LogP contribution >= 0.6 is 0 Å². The third-order valence-electron chi connectivity index (χ3n) is 3.07. The van der Waals surface area contributed by atoms with Gasteiger partial charge in [0.15, 0.2) is 0 Å². The van der Waals surface area contributed by atoms with Gasteiger partial charge in [0.2, 0.25) is 0 Å². The van der Waals surface area contributed by atoms with E-state index in [1.807, 2.05) is 0 Å². The van der Waals surface area contributed by atoms with Crippen LogP contribution in [0, 0.1) is 11.8 Å². The second-order valence-corrected chi connectivity index (χ2v) is 4.95. The highest BCUT2D eigenvalue weighted by molar-refractivity contribution is 5.21. The maximum Gasteiger partial charge on any atom is -0.0259 e. The van der Waals surface area contributed by atoms with Crippen molar-refractivity contribution in [3.05, 3.63) is 36.0 Å². The van der Waals surface area contributed by atoms with Gasteiger partial charge in [0.1, 0.15) is 0 Å². The summed E-state index contributed by atoms with van der Waals surface area (Å²) in [5.74, 6) is 1.56. The molecular weight excluding hydrogens is 180 g/mol. The Morgan fingerprint density at radius 1 is 1.20 bits per heavy atom. The van der Waals surface area contributed by atoms with Gasteiger partial charge in [-0.3, -0.25) is 0 Å². The van der Waals surface area contributed by atoms with E-state index in [-0.39, 0.29) is 0 Å². The highest BCUT2D eigenvalue weighted by atomic mass is 14.1. The number of rotatable bonds is 0. The van der Waals surface area contributed by atoms with Crippen molar-refractivity contribution in [1.82, 2.24) is 0 Å². The Morgan fingerprint density at radius 2 is 2.00 bits per heavy atom. The van der Waals surface area contributed by atoms with E-state index >= 15 is 0 Å². The van der Waals surface area contributed by atoms with E-state index in [0.29, 0.717) is 0 Å². The van der Waals surface area contributed by atoms with Crippen LogP contribution in [0.1, 0.15) is 46.5 Å². The fourth-order valence-corrected chi connectivity index (χ4v) is 1.94. The molecular formula is C15H24. The van der Waals surface area contributed by atoms with Crippen LogP contribution in [-0.2, 0) is 0 Å². The van der Waals surface area contributed by atoms with Gasteiger partial charge in [-0.1, -0.05) is 62.6 Å². The van der Waals surface area contributed by atoms with Crippen LogP contribution in [0.15, 0.2) is 36.0 Å². The van der Waals surface area contributed by atoms with Crippen LogP contribution in [0.25, 0.3) is 0 Å². The molecule has 1 rings (SSSR count). The smallest absolute Gasteiger partial charge is 0.0259 e. The van der Waals surface area contributed by atoms with Gasteiger partial charge in [-0.05, 0) is 31.6 Å². The van der Waals surface area contributed by atoms with E-state index < -0.39 is 0 Å². The van der Waals surface area contributed by atoms with Crippen LogP contribution in [0.2, 0.25) is 0 Å².